The van der Waals surface area contributed by atoms with Crippen molar-refractivity contribution in [3.8, 4) is 5.75 Å². The first kappa shape index (κ1) is 17.9. The van der Waals surface area contributed by atoms with Crippen LogP contribution in [0.15, 0.2) is 42.6 Å². The lowest BCUT2D eigenvalue weighted by Gasteiger charge is -2.34. The van der Waals surface area contributed by atoms with Gasteiger partial charge in [-0.25, -0.2) is 4.79 Å². The summed E-state index contributed by atoms with van der Waals surface area (Å²) in [6.07, 6.45) is 1.12. The molecule has 1 aliphatic rings. The highest BCUT2D eigenvalue weighted by molar-refractivity contribution is 6.05. The number of hydrogen-bond acceptors (Lipinski definition) is 5. The van der Waals surface area contributed by atoms with Crippen molar-refractivity contribution in [2.75, 3.05) is 18.6 Å². The monoisotopic (exact) mass is 355 g/mol. The largest absolute Gasteiger partial charge is 0.497 e. The van der Waals surface area contributed by atoms with Crippen molar-refractivity contribution in [2.45, 2.75) is 26.0 Å². The van der Waals surface area contributed by atoms with Gasteiger partial charge in [0.1, 0.15) is 5.75 Å². The maximum atomic E-state index is 12.8. The molecule has 1 saturated heterocycles. The summed E-state index contributed by atoms with van der Waals surface area (Å²) >= 11 is 0. The minimum Gasteiger partial charge on any atom is -0.497 e. The van der Waals surface area contributed by atoms with Crippen molar-refractivity contribution in [3.05, 3.63) is 53.9 Å². The molecule has 0 aliphatic carbocycles. The fourth-order valence-corrected chi connectivity index (χ4v) is 2.80. The lowest BCUT2D eigenvalue weighted by molar-refractivity contribution is -0.129. The zero-order chi connectivity index (χ0) is 18.7. The van der Waals surface area contributed by atoms with Gasteiger partial charge in [0.25, 0.3) is 0 Å². The molecule has 1 fully saturated rings. The zero-order valence-corrected chi connectivity index (χ0v) is 14.8. The van der Waals surface area contributed by atoms with Crippen molar-refractivity contribution in [1.82, 2.24) is 9.88 Å². The van der Waals surface area contributed by atoms with E-state index in [9.17, 15) is 14.7 Å². The summed E-state index contributed by atoms with van der Waals surface area (Å²) in [5.74, 6) is 0.520. The van der Waals surface area contributed by atoms with E-state index in [1.165, 1.54) is 9.80 Å². The van der Waals surface area contributed by atoms with E-state index in [4.69, 9.17) is 4.74 Å². The molecule has 26 heavy (non-hydrogen) atoms. The molecule has 3 rings (SSSR count). The second-order valence-corrected chi connectivity index (χ2v) is 6.13. The molecule has 1 aliphatic heterocycles. The highest BCUT2D eigenvalue weighted by Gasteiger charge is 2.33. The van der Waals surface area contributed by atoms with Crippen LogP contribution in [0, 0.1) is 0 Å². The molecule has 3 amide bonds. The van der Waals surface area contributed by atoms with Gasteiger partial charge in [0.05, 0.1) is 37.3 Å². The van der Waals surface area contributed by atoms with Crippen molar-refractivity contribution < 1.29 is 19.4 Å². The number of ether oxygens (including phenoxy) is 1. The SMILES string of the molecule is COc1ccc(CN2C(=O)CCN(c3ccc(C(C)O)nc3)C2=O)cc1. The number of carbonyl (C=O) groups excluding carboxylic acids is 2. The van der Waals surface area contributed by atoms with Crippen LogP contribution in [-0.2, 0) is 11.3 Å². The lowest BCUT2D eigenvalue weighted by Crippen LogP contribution is -2.52. The number of aromatic nitrogens is 1. The Balaban J connectivity index is 1.77. The summed E-state index contributed by atoms with van der Waals surface area (Å²) in [6, 6.07) is 10.3. The molecule has 1 atom stereocenters. The number of urea groups is 1. The van der Waals surface area contributed by atoms with E-state index >= 15 is 0 Å². The molecular weight excluding hydrogens is 334 g/mol. The van der Waals surface area contributed by atoms with Gasteiger partial charge in [-0.05, 0) is 36.8 Å². The third-order valence-electron chi connectivity index (χ3n) is 4.32. The van der Waals surface area contributed by atoms with Gasteiger partial charge in [0.15, 0.2) is 0 Å². The summed E-state index contributed by atoms with van der Waals surface area (Å²) in [5, 5.41) is 9.55. The summed E-state index contributed by atoms with van der Waals surface area (Å²) < 4.78 is 5.12. The highest BCUT2D eigenvalue weighted by Crippen LogP contribution is 2.23. The normalized spacial score (nSPS) is 16.0. The predicted octanol–water partition coefficient (Wildman–Crippen LogP) is 2.50. The number of aliphatic hydroxyl groups excluding tert-OH is 1. The zero-order valence-electron chi connectivity index (χ0n) is 14.8. The van der Waals surface area contributed by atoms with Crippen LogP contribution in [0.5, 0.6) is 5.75 Å². The van der Waals surface area contributed by atoms with Crippen LogP contribution in [0.1, 0.15) is 30.7 Å². The van der Waals surface area contributed by atoms with E-state index in [1.54, 1.807) is 44.5 Å². The molecule has 0 spiro atoms. The van der Waals surface area contributed by atoms with E-state index in [0.29, 0.717) is 17.9 Å². The molecule has 1 unspecified atom stereocenters. The second-order valence-electron chi connectivity index (χ2n) is 6.13. The minimum absolute atomic E-state index is 0.198. The van der Waals surface area contributed by atoms with Crippen molar-refractivity contribution in [3.63, 3.8) is 0 Å². The molecule has 1 aromatic carbocycles. The van der Waals surface area contributed by atoms with Gasteiger partial charge in [0.2, 0.25) is 5.91 Å². The molecule has 7 heteroatoms. The number of nitrogens with zero attached hydrogens (tertiary/aromatic N) is 3. The Morgan fingerprint density at radius 2 is 1.92 bits per heavy atom. The first-order chi connectivity index (χ1) is 12.5. The minimum atomic E-state index is -0.672. The van der Waals surface area contributed by atoms with Gasteiger partial charge >= 0.3 is 6.03 Å². The fourth-order valence-electron chi connectivity index (χ4n) is 2.80. The Labute approximate surface area is 151 Å². The quantitative estimate of drug-likeness (QED) is 0.891. The number of amides is 3. The van der Waals surface area contributed by atoms with E-state index < -0.39 is 6.10 Å². The molecule has 2 aromatic rings. The first-order valence-electron chi connectivity index (χ1n) is 8.38. The van der Waals surface area contributed by atoms with E-state index in [-0.39, 0.29) is 24.9 Å². The fraction of sp³-hybridized carbons (Fsp3) is 0.316. The average molecular weight is 355 g/mol. The molecule has 0 radical (unpaired) electrons. The maximum absolute atomic E-state index is 12.8. The molecule has 1 N–H and O–H groups in total. The van der Waals surface area contributed by atoms with Crippen molar-refractivity contribution in [2.24, 2.45) is 0 Å². The number of aliphatic hydroxyl groups is 1. The number of hydrogen-bond donors (Lipinski definition) is 1. The van der Waals surface area contributed by atoms with Crippen LogP contribution in [0.25, 0.3) is 0 Å². The Morgan fingerprint density at radius 3 is 2.50 bits per heavy atom. The van der Waals surface area contributed by atoms with Crippen LogP contribution in [-0.4, -0.2) is 40.6 Å². The highest BCUT2D eigenvalue weighted by atomic mass is 16.5. The van der Waals surface area contributed by atoms with E-state index in [2.05, 4.69) is 4.98 Å². The molecule has 7 nitrogen and oxygen atoms in total. The molecule has 0 saturated carbocycles. The van der Waals surface area contributed by atoms with Gasteiger partial charge in [-0.2, -0.15) is 0 Å². The van der Waals surface area contributed by atoms with Crippen LogP contribution in [0.2, 0.25) is 0 Å². The van der Waals surface area contributed by atoms with Gasteiger partial charge in [-0.15, -0.1) is 0 Å². The lowest BCUT2D eigenvalue weighted by atomic mass is 10.1. The summed E-state index contributed by atoms with van der Waals surface area (Å²) in [4.78, 5) is 32.0. The number of anilines is 1. The summed E-state index contributed by atoms with van der Waals surface area (Å²) in [7, 11) is 1.58. The molecule has 2 heterocycles. The smallest absolute Gasteiger partial charge is 0.331 e. The Bertz CT molecular complexity index is 787. The number of rotatable bonds is 5. The second kappa shape index (κ2) is 7.53. The third-order valence-corrected chi connectivity index (χ3v) is 4.32. The van der Waals surface area contributed by atoms with E-state index in [1.807, 2.05) is 12.1 Å². The van der Waals surface area contributed by atoms with Gasteiger partial charge in [-0.3, -0.25) is 19.6 Å². The van der Waals surface area contributed by atoms with Crippen molar-refractivity contribution in [1.29, 1.82) is 0 Å². The predicted molar refractivity (Wildman–Crippen MR) is 95.8 cm³/mol. The molecule has 0 bridgehead atoms. The van der Waals surface area contributed by atoms with Crippen LogP contribution >= 0.6 is 0 Å². The van der Waals surface area contributed by atoms with E-state index in [0.717, 1.165) is 11.3 Å². The Morgan fingerprint density at radius 1 is 1.19 bits per heavy atom. The number of methoxy groups -OCH3 is 1. The van der Waals surface area contributed by atoms with Crippen LogP contribution in [0.4, 0.5) is 10.5 Å². The summed E-state index contributed by atoms with van der Waals surface area (Å²) in [6.45, 7) is 2.15. The molecular formula is C19H21N3O4. The van der Waals surface area contributed by atoms with Crippen molar-refractivity contribution >= 4 is 17.6 Å². The summed E-state index contributed by atoms with van der Waals surface area (Å²) in [5.41, 5.74) is 1.98. The van der Waals surface area contributed by atoms with Gasteiger partial charge < -0.3 is 9.84 Å². The maximum Gasteiger partial charge on any atom is 0.331 e. The number of pyridine rings is 1. The topological polar surface area (TPSA) is 83.0 Å². The Kier molecular flexibility index (Phi) is 5.18. The molecule has 1 aromatic heterocycles. The van der Waals surface area contributed by atoms with Gasteiger partial charge in [0, 0.05) is 13.0 Å². The number of imide groups is 1. The average Bonchev–Trinajstić information content (AvgIpc) is 2.66. The first-order valence-corrected chi connectivity index (χ1v) is 8.38. The molecule has 136 valence electrons. The number of benzene rings is 1. The number of carbonyl (C=O) groups is 2. The van der Waals surface area contributed by atoms with Crippen LogP contribution < -0.4 is 9.64 Å². The van der Waals surface area contributed by atoms with Gasteiger partial charge in [-0.1, -0.05) is 12.1 Å². The van der Waals surface area contributed by atoms with Crippen LogP contribution in [0.3, 0.4) is 0 Å². The Hall–Kier alpha value is -2.93. The third kappa shape index (κ3) is 3.67. The standard InChI is InChI=1S/C19H21N3O4/c1-13(23)17-8-5-15(11-20-17)21-10-9-18(24)22(19(21)25)12-14-3-6-16(26-2)7-4-14/h3-8,11,13,23H,9-10,12H2,1-2H3.